The maximum atomic E-state index is 12.4. The summed E-state index contributed by atoms with van der Waals surface area (Å²) in [6.45, 7) is 7.91. The molecule has 0 aliphatic heterocycles. The fraction of sp³-hybridized carbons (Fsp3) is 0.474. The molecule has 2 aromatic rings. The van der Waals surface area contributed by atoms with E-state index in [2.05, 4.69) is 24.3 Å². The standard InChI is InChI=1S/C19H26N4O.ClH/c1-18(2)10-15(22-17(24)19(3,4)20)14-12-21-23(16(14)11-18)13-8-6-5-7-9-13;/h5-9,12,15H,10-11,20H2,1-4H3,(H,22,24);1H. The number of nitrogens with two attached hydrogens (primary N) is 1. The van der Waals surface area contributed by atoms with E-state index in [9.17, 15) is 4.79 Å². The normalized spacial score (nSPS) is 18.8. The summed E-state index contributed by atoms with van der Waals surface area (Å²) in [6.07, 6.45) is 3.68. The van der Waals surface area contributed by atoms with Crippen molar-refractivity contribution in [2.24, 2.45) is 11.1 Å². The van der Waals surface area contributed by atoms with Crippen LogP contribution in [0.4, 0.5) is 0 Å². The van der Waals surface area contributed by atoms with Crippen LogP contribution in [0.1, 0.15) is 51.4 Å². The topological polar surface area (TPSA) is 72.9 Å². The van der Waals surface area contributed by atoms with Gasteiger partial charge in [-0.15, -0.1) is 12.4 Å². The molecule has 0 bridgehead atoms. The number of carbonyl (C=O) groups excluding carboxylic acids is 1. The number of nitrogens with one attached hydrogen (secondary N) is 1. The molecule has 3 N–H and O–H groups in total. The number of carbonyl (C=O) groups is 1. The average molecular weight is 363 g/mol. The van der Waals surface area contributed by atoms with E-state index in [1.54, 1.807) is 13.8 Å². The van der Waals surface area contributed by atoms with E-state index in [-0.39, 0.29) is 29.8 Å². The molecule has 0 saturated heterocycles. The van der Waals surface area contributed by atoms with Crippen molar-refractivity contribution in [1.29, 1.82) is 0 Å². The molecule has 3 rings (SSSR count). The molecule has 1 heterocycles. The van der Waals surface area contributed by atoms with Crippen molar-refractivity contribution in [3.63, 3.8) is 0 Å². The summed E-state index contributed by atoms with van der Waals surface area (Å²) in [6, 6.07) is 10.0. The van der Waals surface area contributed by atoms with Crippen LogP contribution in [0.2, 0.25) is 0 Å². The molecule has 1 atom stereocenters. The van der Waals surface area contributed by atoms with Crippen LogP contribution in [-0.4, -0.2) is 21.2 Å². The first-order valence-corrected chi connectivity index (χ1v) is 8.39. The van der Waals surface area contributed by atoms with Crippen LogP contribution in [-0.2, 0) is 11.2 Å². The molecule has 136 valence electrons. The lowest BCUT2D eigenvalue weighted by Crippen LogP contribution is -2.51. The molecule has 1 aromatic carbocycles. The number of para-hydroxylation sites is 1. The lowest BCUT2D eigenvalue weighted by atomic mass is 9.74. The van der Waals surface area contributed by atoms with Gasteiger partial charge in [0, 0.05) is 5.56 Å². The first kappa shape index (κ1) is 19.5. The van der Waals surface area contributed by atoms with Crippen molar-refractivity contribution in [1.82, 2.24) is 15.1 Å². The smallest absolute Gasteiger partial charge is 0.239 e. The van der Waals surface area contributed by atoms with E-state index < -0.39 is 5.54 Å². The average Bonchev–Trinajstić information content (AvgIpc) is 2.89. The molecular formula is C19H27ClN4O. The highest BCUT2D eigenvalue weighted by molar-refractivity contribution is 5.85. The maximum Gasteiger partial charge on any atom is 0.239 e. The molecule has 0 fully saturated rings. The van der Waals surface area contributed by atoms with Gasteiger partial charge in [0.05, 0.1) is 29.2 Å². The Bertz CT molecular complexity index is 747. The second-order valence-electron chi connectivity index (χ2n) is 8.09. The minimum atomic E-state index is -0.892. The third-order valence-corrected chi connectivity index (χ3v) is 4.57. The van der Waals surface area contributed by atoms with Gasteiger partial charge >= 0.3 is 0 Å². The Hall–Kier alpha value is -1.85. The van der Waals surface area contributed by atoms with Gasteiger partial charge in [0.15, 0.2) is 0 Å². The van der Waals surface area contributed by atoms with Crippen molar-refractivity contribution in [2.45, 2.75) is 52.1 Å². The second kappa shape index (κ2) is 6.81. The molecule has 6 heteroatoms. The molecule has 1 aliphatic rings. The summed E-state index contributed by atoms with van der Waals surface area (Å²) in [7, 11) is 0. The Balaban J connectivity index is 0.00000225. The number of halogens is 1. The van der Waals surface area contributed by atoms with Crippen LogP contribution >= 0.6 is 12.4 Å². The number of amides is 1. The highest BCUT2D eigenvalue weighted by Crippen LogP contribution is 2.41. The zero-order valence-corrected chi connectivity index (χ0v) is 16.1. The van der Waals surface area contributed by atoms with E-state index in [1.165, 1.54) is 0 Å². The number of hydrogen-bond acceptors (Lipinski definition) is 3. The summed E-state index contributed by atoms with van der Waals surface area (Å²) in [4.78, 5) is 12.4. The van der Waals surface area contributed by atoms with Crippen molar-refractivity contribution < 1.29 is 4.79 Å². The molecule has 1 aliphatic carbocycles. The summed E-state index contributed by atoms with van der Waals surface area (Å²) in [5, 5.41) is 7.71. The maximum absolute atomic E-state index is 12.4. The zero-order valence-electron chi connectivity index (χ0n) is 15.2. The third kappa shape index (κ3) is 4.05. The van der Waals surface area contributed by atoms with Gasteiger partial charge < -0.3 is 11.1 Å². The van der Waals surface area contributed by atoms with Gasteiger partial charge in [0.25, 0.3) is 0 Å². The predicted octanol–water partition coefficient (Wildman–Crippen LogP) is 3.16. The number of aromatic nitrogens is 2. The minimum absolute atomic E-state index is 0. The van der Waals surface area contributed by atoms with E-state index in [0.717, 1.165) is 29.8 Å². The fourth-order valence-corrected chi connectivity index (χ4v) is 3.31. The van der Waals surface area contributed by atoms with Crippen LogP contribution in [0.3, 0.4) is 0 Å². The second-order valence-corrected chi connectivity index (χ2v) is 8.09. The quantitative estimate of drug-likeness (QED) is 0.880. The number of benzene rings is 1. The number of hydrogen-bond donors (Lipinski definition) is 2. The lowest BCUT2D eigenvalue weighted by molar-refractivity contribution is -0.126. The Morgan fingerprint density at radius 1 is 1.32 bits per heavy atom. The Labute approximate surface area is 155 Å². The Morgan fingerprint density at radius 3 is 2.56 bits per heavy atom. The minimum Gasteiger partial charge on any atom is -0.348 e. The fourth-order valence-electron chi connectivity index (χ4n) is 3.31. The van der Waals surface area contributed by atoms with Gasteiger partial charge in [-0.25, -0.2) is 4.68 Å². The molecule has 25 heavy (non-hydrogen) atoms. The van der Waals surface area contributed by atoms with Gasteiger partial charge in [-0.1, -0.05) is 32.0 Å². The SMILES string of the molecule is CC1(C)Cc2c(cnn2-c2ccccc2)C(NC(=O)C(C)(C)N)C1.Cl. The van der Waals surface area contributed by atoms with Crippen LogP contribution in [0.15, 0.2) is 36.5 Å². The molecule has 0 saturated carbocycles. The van der Waals surface area contributed by atoms with Crippen LogP contribution in [0, 0.1) is 5.41 Å². The largest absolute Gasteiger partial charge is 0.348 e. The number of fused-ring (bicyclic) bond motifs is 1. The molecule has 1 aromatic heterocycles. The zero-order chi connectivity index (χ0) is 17.5. The van der Waals surface area contributed by atoms with Gasteiger partial charge in [0.1, 0.15) is 0 Å². The van der Waals surface area contributed by atoms with Gasteiger partial charge in [0.2, 0.25) is 5.91 Å². The van der Waals surface area contributed by atoms with Crippen LogP contribution in [0.25, 0.3) is 5.69 Å². The first-order valence-electron chi connectivity index (χ1n) is 8.39. The van der Waals surface area contributed by atoms with Gasteiger partial charge in [-0.05, 0) is 44.2 Å². The predicted molar refractivity (Wildman–Crippen MR) is 102 cm³/mol. The highest BCUT2D eigenvalue weighted by atomic mass is 35.5. The number of rotatable bonds is 3. The van der Waals surface area contributed by atoms with Crippen LogP contribution in [0.5, 0.6) is 0 Å². The van der Waals surface area contributed by atoms with Gasteiger partial charge in [-0.3, -0.25) is 4.79 Å². The highest BCUT2D eigenvalue weighted by Gasteiger charge is 2.37. The summed E-state index contributed by atoms with van der Waals surface area (Å²) >= 11 is 0. The van der Waals surface area contributed by atoms with E-state index in [4.69, 9.17) is 5.73 Å². The molecule has 1 unspecified atom stereocenters. The third-order valence-electron chi connectivity index (χ3n) is 4.57. The molecule has 1 amide bonds. The van der Waals surface area contributed by atoms with E-state index in [0.29, 0.717) is 0 Å². The number of nitrogens with zero attached hydrogens (tertiary/aromatic N) is 2. The van der Waals surface area contributed by atoms with Gasteiger partial charge in [-0.2, -0.15) is 5.10 Å². The Morgan fingerprint density at radius 2 is 1.96 bits per heavy atom. The molecular weight excluding hydrogens is 336 g/mol. The summed E-state index contributed by atoms with van der Waals surface area (Å²) in [5.41, 5.74) is 8.44. The first-order chi connectivity index (χ1) is 11.2. The lowest BCUT2D eigenvalue weighted by Gasteiger charge is -2.37. The summed E-state index contributed by atoms with van der Waals surface area (Å²) in [5.74, 6) is -0.136. The Kier molecular flexibility index (Phi) is 5.30. The monoisotopic (exact) mass is 362 g/mol. The van der Waals surface area contributed by atoms with Crippen molar-refractivity contribution in [2.75, 3.05) is 0 Å². The van der Waals surface area contributed by atoms with Crippen LogP contribution < -0.4 is 11.1 Å². The van der Waals surface area contributed by atoms with E-state index in [1.807, 2.05) is 41.2 Å². The molecule has 5 nitrogen and oxygen atoms in total. The molecule has 0 spiro atoms. The van der Waals surface area contributed by atoms with Crippen molar-refractivity contribution in [3.05, 3.63) is 47.8 Å². The van der Waals surface area contributed by atoms with Crippen molar-refractivity contribution in [3.8, 4) is 5.69 Å². The molecule has 0 radical (unpaired) electrons. The van der Waals surface area contributed by atoms with E-state index >= 15 is 0 Å². The van der Waals surface area contributed by atoms with Crippen molar-refractivity contribution >= 4 is 18.3 Å². The summed E-state index contributed by atoms with van der Waals surface area (Å²) < 4.78 is 1.99.